The maximum Gasteiger partial charge on any atom is 0.234 e. The fourth-order valence-corrected chi connectivity index (χ4v) is 7.65. The zero-order chi connectivity index (χ0) is 27.8. The van der Waals surface area contributed by atoms with Crippen LogP contribution in [0.4, 0.5) is 0 Å². The van der Waals surface area contributed by atoms with Crippen LogP contribution in [0.15, 0.2) is 58.0 Å². The average molecular weight is 544 g/mol. The maximum absolute atomic E-state index is 13.8. The van der Waals surface area contributed by atoms with Crippen LogP contribution >= 0.6 is 0 Å². The highest BCUT2D eigenvalue weighted by Crippen LogP contribution is 2.52. The number of hydrogen-bond donors (Lipinski definition) is 1. The van der Waals surface area contributed by atoms with E-state index in [0.29, 0.717) is 30.5 Å². The van der Waals surface area contributed by atoms with Gasteiger partial charge in [-0.3, -0.25) is 14.5 Å². The fourth-order valence-electron chi connectivity index (χ4n) is 7.65. The number of aliphatic hydroxyl groups excluding tert-OH is 1. The van der Waals surface area contributed by atoms with Gasteiger partial charge in [0.25, 0.3) is 0 Å². The quantitative estimate of drug-likeness (QED) is 0.308. The third kappa shape index (κ3) is 5.01. The third-order valence-corrected chi connectivity index (χ3v) is 9.59. The smallest absolute Gasteiger partial charge is 0.234 e. The van der Waals surface area contributed by atoms with Gasteiger partial charge < -0.3 is 14.3 Å². The van der Waals surface area contributed by atoms with E-state index in [9.17, 15) is 14.7 Å². The van der Waals surface area contributed by atoms with Gasteiger partial charge in [-0.15, -0.1) is 0 Å². The molecular weight excluding hydrogens is 502 g/mol. The lowest BCUT2D eigenvalue weighted by atomic mass is 9.67. The van der Waals surface area contributed by atoms with Crippen molar-refractivity contribution in [2.45, 2.75) is 84.0 Å². The van der Waals surface area contributed by atoms with Gasteiger partial charge in [0, 0.05) is 12.0 Å². The second kappa shape index (κ2) is 11.5. The summed E-state index contributed by atoms with van der Waals surface area (Å²) >= 11 is 0. The van der Waals surface area contributed by atoms with Crippen LogP contribution in [0.3, 0.4) is 0 Å². The van der Waals surface area contributed by atoms with Crippen molar-refractivity contribution in [1.29, 1.82) is 0 Å². The van der Waals surface area contributed by atoms with Gasteiger partial charge in [0.05, 0.1) is 24.5 Å². The van der Waals surface area contributed by atoms with Crippen LogP contribution in [0.25, 0.3) is 11.6 Å². The first-order valence-electron chi connectivity index (χ1n) is 15.1. The molecule has 0 unspecified atom stereocenters. The molecule has 2 aliphatic carbocycles. The van der Waals surface area contributed by atoms with Crippen molar-refractivity contribution in [3.8, 4) is 0 Å². The minimum Gasteiger partial charge on any atom is -0.459 e. The van der Waals surface area contributed by atoms with E-state index < -0.39 is 0 Å². The number of carbonyl (C=O) groups excluding carboxylic acids is 2. The summed E-state index contributed by atoms with van der Waals surface area (Å²) in [6, 6.07) is 14.1. The summed E-state index contributed by atoms with van der Waals surface area (Å²) in [4.78, 5) is 29.2. The molecule has 1 aromatic heterocycles. The topological polar surface area (TPSA) is 80.0 Å². The second-order valence-corrected chi connectivity index (χ2v) is 12.3. The molecule has 1 saturated carbocycles. The van der Waals surface area contributed by atoms with Gasteiger partial charge in [-0.2, -0.15) is 0 Å². The molecule has 1 N–H and O–H groups in total. The summed E-state index contributed by atoms with van der Waals surface area (Å²) in [5, 5.41) is 9.43. The fraction of sp³-hybridized carbons (Fsp3) is 0.529. The van der Waals surface area contributed by atoms with E-state index in [1.54, 1.807) is 11.0 Å². The summed E-state index contributed by atoms with van der Waals surface area (Å²) in [5.41, 5.74) is 4.88. The number of rotatable bonds is 8. The molecule has 4 aliphatic rings. The number of aliphatic hydroxyl groups is 1. The van der Waals surface area contributed by atoms with Crippen LogP contribution < -0.4 is 0 Å². The summed E-state index contributed by atoms with van der Waals surface area (Å²) in [6.45, 7) is 4.80. The van der Waals surface area contributed by atoms with Gasteiger partial charge in [0.2, 0.25) is 11.8 Å². The standard InChI is InChI=1S/C34H41NO5/c1-21(2)27-18-28-32(34(38)35(33(28)37)24-11-7-4-8-12-24)29-20-39-30(31(27)29)16-13-23(22-9-5-3-6-10-22)17-25-14-15-26(19-36)40-25/h3,5-6,9-10,14-15,17,21,24,28-30,32,36H,4,7-8,11-13,16,18-20H2,1-2H3/b23-17-/t28-,29+,30-,32-/m1/s1. The molecule has 4 atom stereocenters. The van der Waals surface area contributed by atoms with Crippen LogP contribution in [-0.2, 0) is 20.9 Å². The lowest BCUT2D eigenvalue weighted by molar-refractivity contribution is -0.143. The lowest BCUT2D eigenvalue weighted by Gasteiger charge is -2.33. The molecular formula is C34H41NO5. The molecule has 2 aliphatic heterocycles. The van der Waals surface area contributed by atoms with E-state index in [2.05, 4.69) is 32.1 Å². The van der Waals surface area contributed by atoms with Crippen LogP contribution in [0, 0.1) is 23.7 Å². The van der Waals surface area contributed by atoms with Crippen molar-refractivity contribution in [3.05, 3.63) is 70.7 Å². The van der Waals surface area contributed by atoms with Crippen molar-refractivity contribution in [2.75, 3.05) is 6.61 Å². The number of hydrogen-bond acceptors (Lipinski definition) is 5. The van der Waals surface area contributed by atoms with E-state index >= 15 is 0 Å². The monoisotopic (exact) mass is 543 g/mol. The molecule has 2 saturated heterocycles. The number of imide groups is 1. The Labute approximate surface area is 237 Å². The van der Waals surface area contributed by atoms with E-state index in [-0.39, 0.29) is 48.3 Å². The zero-order valence-electron chi connectivity index (χ0n) is 23.7. The normalized spacial score (nSPS) is 27.6. The number of fused-ring (bicyclic) bond motifs is 3. The molecule has 6 heteroatoms. The number of carbonyl (C=O) groups is 2. The van der Waals surface area contributed by atoms with Crippen LogP contribution in [0.1, 0.15) is 82.3 Å². The Morgan fingerprint density at radius 1 is 1.02 bits per heavy atom. The molecule has 3 heterocycles. The average Bonchev–Trinajstić information content (AvgIpc) is 3.68. The molecule has 2 aromatic rings. The predicted molar refractivity (Wildman–Crippen MR) is 154 cm³/mol. The van der Waals surface area contributed by atoms with Crippen molar-refractivity contribution >= 4 is 23.5 Å². The van der Waals surface area contributed by atoms with E-state index in [1.165, 1.54) is 17.6 Å². The molecule has 0 radical (unpaired) electrons. The number of ether oxygens (including phenoxy) is 1. The molecule has 1 aromatic carbocycles. The predicted octanol–water partition coefficient (Wildman–Crippen LogP) is 6.40. The van der Waals surface area contributed by atoms with Gasteiger partial charge in [-0.25, -0.2) is 0 Å². The van der Waals surface area contributed by atoms with Crippen molar-refractivity contribution in [1.82, 2.24) is 4.90 Å². The molecule has 6 nitrogen and oxygen atoms in total. The Bertz CT molecular complexity index is 1300. The zero-order valence-corrected chi connectivity index (χ0v) is 23.7. The van der Waals surface area contributed by atoms with Gasteiger partial charge in [-0.1, -0.05) is 69.0 Å². The third-order valence-electron chi connectivity index (χ3n) is 9.59. The first-order chi connectivity index (χ1) is 19.5. The highest BCUT2D eigenvalue weighted by molar-refractivity contribution is 6.06. The highest BCUT2D eigenvalue weighted by Gasteiger charge is 2.58. The number of allylic oxidation sites excluding steroid dienone is 2. The Morgan fingerprint density at radius 3 is 2.50 bits per heavy atom. The minimum absolute atomic E-state index is 0.00692. The summed E-state index contributed by atoms with van der Waals surface area (Å²) in [7, 11) is 0. The maximum atomic E-state index is 13.8. The highest BCUT2D eigenvalue weighted by atomic mass is 16.5. The second-order valence-electron chi connectivity index (χ2n) is 12.3. The van der Waals surface area contributed by atoms with Crippen LogP contribution in [0.5, 0.6) is 0 Å². The Kier molecular flexibility index (Phi) is 7.82. The summed E-state index contributed by atoms with van der Waals surface area (Å²) in [5.74, 6) is 1.17. The van der Waals surface area contributed by atoms with Crippen LogP contribution in [0.2, 0.25) is 0 Å². The first-order valence-corrected chi connectivity index (χ1v) is 15.1. The molecule has 40 heavy (non-hydrogen) atoms. The van der Waals surface area contributed by atoms with Gasteiger partial charge in [-0.05, 0) is 72.9 Å². The van der Waals surface area contributed by atoms with E-state index in [4.69, 9.17) is 9.15 Å². The van der Waals surface area contributed by atoms with E-state index in [0.717, 1.165) is 49.7 Å². The lowest BCUT2D eigenvalue weighted by Crippen LogP contribution is -2.42. The van der Waals surface area contributed by atoms with Crippen molar-refractivity contribution in [3.63, 3.8) is 0 Å². The molecule has 212 valence electrons. The van der Waals surface area contributed by atoms with E-state index in [1.807, 2.05) is 24.3 Å². The van der Waals surface area contributed by atoms with Crippen molar-refractivity contribution in [2.24, 2.45) is 23.7 Å². The van der Waals surface area contributed by atoms with Gasteiger partial charge in [0.15, 0.2) is 0 Å². The molecule has 2 amide bonds. The number of amides is 2. The number of likely N-dealkylation sites (tertiary alicyclic amines) is 1. The largest absolute Gasteiger partial charge is 0.459 e. The summed E-state index contributed by atoms with van der Waals surface area (Å²) in [6.07, 6.45) is 9.53. The molecule has 3 fully saturated rings. The van der Waals surface area contributed by atoms with Gasteiger partial charge in [0.1, 0.15) is 18.1 Å². The molecule has 0 bridgehead atoms. The first kappa shape index (κ1) is 27.2. The molecule has 6 rings (SSSR count). The van der Waals surface area contributed by atoms with Crippen molar-refractivity contribution < 1.29 is 23.8 Å². The Hall–Kier alpha value is -2.96. The minimum atomic E-state index is -0.277. The van der Waals surface area contributed by atoms with Gasteiger partial charge >= 0.3 is 0 Å². The van der Waals surface area contributed by atoms with Crippen LogP contribution in [-0.4, -0.2) is 40.6 Å². The number of furan rings is 1. The number of nitrogens with zero attached hydrogens (tertiary/aromatic N) is 1. The Balaban J connectivity index is 1.26. The Morgan fingerprint density at radius 2 is 1.80 bits per heavy atom. The molecule has 0 spiro atoms. The summed E-state index contributed by atoms with van der Waals surface area (Å²) < 4.78 is 12.3. The SMILES string of the molecule is CC(C)C1=C2[C@@H](CC/C(=C/c3ccc(CO)o3)c3ccccc3)OC[C@@H]2[C@@H]2C(=O)N(C3CCCCC3)C(=O)[C@@H]2C1. The number of benzene rings is 1.